The maximum atomic E-state index is 11.9. The van der Waals surface area contributed by atoms with Crippen LogP contribution in [0.25, 0.3) is 0 Å². The van der Waals surface area contributed by atoms with Crippen molar-refractivity contribution in [1.82, 2.24) is 5.43 Å². The molecule has 0 aliphatic heterocycles. The van der Waals surface area contributed by atoms with Gasteiger partial charge in [0.05, 0.1) is 11.4 Å². The fourth-order valence-corrected chi connectivity index (χ4v) is 2.56. The van der Waals surface area contributed by atoms with Gasteiger partial charge >= 0.3 is 0 Å². The Morgan fingerprint density at radius 1 is 1.50 bits per heavy atom. The maximum Gasteiger partial charge on any atom is 0.254 e. The van der Waals surface area contributed by atoms with Crippen molar-refractivity contribution in [2.24, 2.45) is 5.84 Å². The number of carbonyl (C=O) groups is 1. The molecule has 0 aliphatic rings. The minimum absolute atomic E-state index is 0.128. The average molecular weight is 292 g/mol. The number of amides is 1. The van der Waals surface area contributed by atoms with Crippen LogP contribution in [0.4, 0.5) is 5.69 Å². The monoisotopic (exact) mass is 291 g/mol. The number of sulfonamides is 1. The van der Waals surface area contributed by atoms with Crippen LogP contribution in [-0.2, 0) is 14.8 Å². The first-order chi connectivity index (χ1) is 8.40. The number of nitrogens with two attached hydrogens (primary N) is 1. The van der Waals surface area contributed by atoms with Crippen LogP contribution in [0.1, 0.15) is 6.92 Å². The summed E-state index contributed by atoms with van der Waals surface area (Å²) in [7, 11) is -3.58. The van der Waals surface area contributed by atoms with Crippen molar-refractivity contribution < 1.29 is 13.2 Å². The molecule has 1 aromatic carbocycles. The Labute approximate surface area is 111 Å². The van der Waals surface area contributed by atoms with Gasteiger partial charge in [0.2, 0.25) is 10.0 Å². The molecule has 0 heterocycles. The molecule has 0 radical (unpaired) electrons. The fraction of sp³-hybridized carbons (Fsp3) is 0.300. The van der Waals surface area contributed by atoms with Gasteiger partial charge in [0.1, 0.15) is 6.54 Å². The summed E-state index contributed by atoms with van der Waals surface area (Å²) in [5.74, 6) is 4.23. The van der Waals surface area contributed by atoms with Crippen LogP contribution >= 0.6 is 11.6 Å². The topological polar surface area (TPSA) is 92.5 Å². The molecule has 0 aliphatic carbocycles. The highest BCUT2D eigenvalue weighted by Crippen LogP contribution is 2.22. The van der Waals surface area contributed by atoms with Crippen molar-refractivity contribution in [2.75, 3.05) is 16.6 Å². The lowest BCUT2D eigenvalue weighted by Crippen LogP contribution is -2.43. The smallest absolute Gasteiger partial charge is 0.254 e. The van der Waals surface area contributed by atoms with E-state index in [1.54, 1.807) is 18.2 Å². The van der Waals surface area contributed by atoms with Crippen LogP contribution in [0.5, 0.6) is 0 Å². The lowest BCUT2D eigenvalue weighted by molar-refractivity contribution is -0.119. The molecule has 0 aromatic heterocycles. The number of hydrazine groups is 1. The lowest BCUT2D eigenvalue weighted by atomic mass is 10.3. The van der Waals surface area contributed by atoms with E-state index in [1.807, 2.05) is 5.43 Å². The number of benzene rings is 1. The minimum atomic E-state index is -3.58. The van der Waals surface area contributed by atoms with Gasteiger partial charge in [0, 0.05) is 5.02 Å². The van der Waals surface area contributed by atoms with Gasteiger partial charge in [0.25, 0.3) is 5.91 Å². The van der Waals surface area contributed by atoms with Gasteiger partial charge in [-0.3, -0.25) is 14.5 Å². The van der Waals surface area contributed by atoms with E-state index in [9.17, 15) is 13.2 Å². The van der Waals surface area contributed by atoms with Crippen LogP contribution < -0.4 is 15.6 Å². The molecule has 6 nitrogen and oxygen atoms in total. The highest BCUT2D eigenvalue weighted by molar-refractivity contribution is 7.92. The van der Waals surface area contributed by atoms with E-state index in [0.29, 0.717) is 10.7 Å². The maximum absolute atomic E-state index is 11.9. The molecular formula is C10H14ClN3O3S. The molecule has 100 valence electrons. The van der Waals surface area contributed by atoms with E-state index in [1.165, 1.54) is 13.0 Å². The van der Waals surface area contributed by atoms with Crippen LogP contribution in [0.2, 0.25) is 5.02 Å². The Morgan fingerprint density at radius 2 is 2.17 bits per heavy atom. The summed E-state index contributed by atoms with van der Waals surface area (Å²) in [5.41, 5.74) is 2.22. The standard InChI is InChI=1S/C10H14ClN3O3S/c1-2-18(16,17)14(7-10(15)13-12)9-5-3-4-8(11)6-9/h3-6H,2,7,12H2,1H3,(H,13,15). The van der Waals surface area contributed by atoms with Crippen molar-refractivity contribution in [3.63, 3.8) is 0 Å². The molecule has 0 fully saturated rings. The summed E-state index contributed by atoms with van der Waals surface area (Å²) in [6, 6.07) is 6.25. The van der Waals surface area contributed by atoms with E-state index < -0.39 is 15.9 Å². The van der Waals surface area contributed by atoms with Gasteiger partial charge in [-0.05, 0) is 25.1 Å². The first kappa shape index (κ1) is 14.7. The van der Waals surface area contributed by atoms with Crippen molar-refractivity contribution >= 4 is 33.2 Å². The first-order valence-corrected chi connectivity index (χ1v) is 7.15. The zero-order chi connectivity index (χ0) is 13.8. The molecule has 0 bridgehead atoms. The molecule has 1 amide bonds. The molecule has 0 saturated heterocycles. The van der Waals surface area contributed by atoms with E-state index in [-0.39, 0.29) is 12.3 Å². The van der Waals surface area contributed by atoms with Crippen LogP contribution in [0.3, 0.4) is 0 Å². The van der Waals surface area contributed by atoms with Crippen molar-refractivity contribution in [3.05, 3.63) is 29.3 Å². The van der Waals surface area contributed by atoms with Crippen molar-refractivity contribution in [2.45, 2.75) is 6.92 Å². The van der Waals surface area contributed by atoms with Gasteiger partial charge in [-0.1, -0.05) is 17.7 Å². The zero-order valence-electron chi connectivity index (χ0n) is 9.76. The van der Waals surface area contributed by atoms with E-state index in [4.69, 9.17) is 17.4 Å². The Bertz CT molecular complexity index is 533. The largest absolute Gasteiger partial charge is 0.293 e. The van der Waals surface area contributed by atoms with Gasteiger partial charge in [0.15, 0.2) is 0 Å². The Balaban J connectivity index is 3.17. The summed E-state index contributed by atoms with van der Waals surface area (Å²) in [4.78, 5) is 11.3. The highest BCUT2D eigenvalue weighted by atomic mass is 35.5. The van der Waals surface area contributed by atoms with Gasteiger partial charge < -0.3 is 0 Å². The molecule has 8 heteroatoms. The number of nitrogens with zero attached hydrogens (tertiary/aromatic N) is 1. The predicted octanol–water partition coefficient (Wildman–Crippen LogP) is 0.486. The minimum Gasteiger partial charge on any atom is -0.293 e. The number of nitrogens with one attached hydrogen (secondary N) is 1. The first-order valence-electron chi connectivity index (χ1n) is 5.16. The molecule has 0 atom stereocenters. The Kier molecular flexibility index (Phi) is 4.94. The van der Waals surface area contributed by atoms with E-state index in [2.05, 4.69) is 0 Å². The zero-order valence-corrected chi connectivity index (χ0v) is 11.3. The lowest BCUT2D eigenvalue weighted by Gasteiger charge is -2.22. The van der Waals surface area contributed by atoms with Crippen LogP contribution in [0, 0.1) is 0 Å². The molecule has 0 saturated carbocycles. The fourth-order valence-electron chi connectivity index (χ4n) is 1.31. The normalized spacial score (nSPS) is 11.1. The molecule has 0 unspecified atom stereocenters. The van der Waals surface area contributed by atoms with Crippen LogP contribution in [0.15, 0.2) is 24.3 Å². The third kappa shape index (κ3) is 3.59. The number of hydrogen-bond acceptors (Lipinski definition) is 4. The van der Waals surface area contributed by atoms with E-state index >= 15 is 0 Å². The van der Waals surface area contributed by atoms with Gasteiger partial charge in [-0.2, -0.15) is 0 Å². The average Bonchev–Trinajstić information content (AvgIpc) is 2.35. The molecule has 3 N–H and O–H groups in total. The number of carbonyl (C=O) groups excluding carboxylic acids is 1. The van der Waals surface area contributed by atoms with Gasteiger partial charge in [-0.15, -0.1) is 0 Å². The molecule has 0 spiro atoms. The molecule has 1 aromatic rings. The number of anilines is 1. The van der Waals surface area contributed by atoms with E-state index in [0.717, 1.165) is 4.31 Å². The van der Waals surface area contributed by atoms with Crippen molar-refractivity contribution in [3.8, 4) is 0 Å². The number of hydrogen-bond donors (Lipinski definition) is 2. The summed E-state index contributed by atoms with van der Waals surface area (Å²) in [6.45, 7) is 1.11. The third-order valence-electron chi connectivity index (χ3n) is 2.24. The quantitative estimate of drug-likeness (QED) is 0.469. The summed E-state index contributed by atoms with van der Waals surface area (Å²) in [6.07, 6.45) is 0. The molecule has 1 rings (SSSR count). The molecular weight excluding hydrogens is 278 g/mol. The number of halogens is 1. The Hall–Kier alpha value is -1.31. The number of rotatable bonds is 5. The second kappa shape index (κ2) is 6.03. The highest BCUT2D eigenvalue weighted by Gasteiger charge is 2.23. The second-order valence-corrected chi connectivity index (χ2v) is 6.07. The summed E-state index contributed by atoms with van der Waals surface area (Å²) in [5, 5.41) is 0.386. The molecule has 18 heavy (non-hydrogen) atoms. The predicted molar refractivity (Wildman–Crippen MR) is 70.6 cm³/mol. The Morgan fingerprint density at radius 3 is 2.67 bits per heavy atom. The second-order valence-electron chi connectivity index (χ2n) is 3.45. The van der Waals surface area contributed by atoms with Crippen molar-refractivity contribution in [1.29, 1.82) is 0 Å². The van der Waals surface area contributed by atoms with Gasteiger partial charge in [-0.25, -0.2) is 14.3 Å². The summed E-state index contributed by atoms with van der Waals surface area (Å²) < 4.78 is 24.8. The third-order valence-corrected chi connectivity index (χ3v) is 4.22. The van der Waals surface area contributed by atoms with Crippen LogP contribution in [-0.4, -0.2) is 26.6 Å². The SMILES string of the molecule is CCS(=O)(=O)N(CC(=O)NN)c1cccc(Cl)c1. The summed E-state index contributed by atoms with van der Waals surface area (Å²) >= 11 is 5.81.